The molecule has 0 aliphatic rings. The Labute approximate surface area is 177 Å². The van der Waals surface area contributed by atoms with Gasteiger partial charge in [-0.25, -0.2) is 4.98 Å². The summed E-state index contributed by atoms with van der Waals surface area (Å²) in [7, 11) is 1.79. The topological polar surface area (TPSA) is 58.5 Å². The summed E-state index contributed by atoms with van der Waals surface area (Å²) in [5.41, 5.74) is 2.36. The molecule has 0 fully saturated rings. The maximum Gasteiger partial charge on any atom is 0.191 e. The van der Waals surface area contributed by atoms with Crippen LogP contribution in [0, 0.1) is 20.8 Å². The Balaban J connectivity index is 0.00000338. The summed E-state index contributed by atoms with van der Waals surface area (Å²) in [5.74, 6) is 1.75. The van der Waals surface area contributed by atoms with E-state index < -0.39 is 0 Å². The summed E-state index contributed by atoms with van der Waals surface area (Å²) in [6.07, 6.45) is 2.03. The van der Waals surface area contributed by atoms with Crippen molar-refractivity contribution >= 4 is 41.3 Å². The molecule has 0 saturated carbocycles. The molecule has 1 heterocycles. The van der Waals surface area contributed by atoms with Gasteiger partial charge in [-0.1, -0.05) is 17.7 Å². The van der Waals surface area contributed by atoms with Crippen molar-refractivity contribution in [3.63, 3.8) is 0 Å². The predicted octanol–water partition coefficient (Wildman–Crippen LogP) is 4.21. The molecular weight excluding hydrogens is 459 g/mol. The average Bonchev–Trinajstić information content (AvgIpc) is 2.93. The number of thiazole rings is 1. The summed E-state index contributed by atoms with van der Waals surface area (Å²) in [6, 6.07) is 8.17. The first-order valence-electron chi connectivity index (χ1n) is 8.65. The third-order valence-electron chi connectivity index (χ3n) is 3.86. The highest BCUT2D eigenvalue weighted by Gasteiger charge is 2.04. The lowest BCUT2D eigenvalue weighted by Crippen LogP contribution is -2.37. The Bertz CT molecular complexity index is 666. The molecule has 0 spiro atoms. The van der Waals surface area contributed by atoms with Crippen LogP contribution in [0.2, 0.25) is 0 Å². The first-order valence-corrected chi connectivity index (χ1v) is 9.47. The summed E-state index contributed by atoms with van der Waals surface area (Å²) < 4.78 is 5.73. The van der Waals surface area contributed by atoms with Gasteiger partial charge in [-0.05, 0) is 45.7 Å². The monoisotopic (exact) mass is 488 g/mol. The molecular formula is C19H29IN4OS. The van der Waals surface area contributed by atoms with Gasteiger partial charge < -0.3 is 15.4 Å². The Morgan fingerprint density at radius 2 is 1.85 bits per heavy atom. The molecule has 0 saturated heterocycles. The number of hydrogen-bond acceptors (Lipinski definition) is 4. The zero-order valence-corrected chi connectivity index (χ0v) is 19.1. The smallest absolute Gasteiger partial charge is 0.191 e. The third-order valence-corrected chi connectivity index (χ3v) is 4.93. The molecule has 26 heavy (non-hydrogen) atoms. The number of unbranched alkanes of at least 4 members (excludes halogenated alkanes) is 1. The summed E-state index contributed by atoms with van der Waals surface area (Å²) in [6.45, 7) is 8.52. The van der Waals surface area contributed by atoms with Crippen LogP contribution < -0.4 is 15.4 Å². The molecule has 0 atom stereocenters. The quantitative estimate of drug-likeness (QED) is 0.253. The van der Waals surface area contributed by atoms with Crippen molar-refractivity contribution in [2.75, 3.05) is 20.2 Å². The Morgan fingerprint density at radius 3 is 2.46 bits per heavy atom. The number of hydrogen-bond donors (Lipinski definition) is 2. The molecule has 0 aliphatic carbocycles. The minimum Gasteiger partial charge on any atom is -0.494 e. The molecule has 0 unspecified atom stereocenters. The second kappa shape index (κ2) is 12.1. The standard InChI is InChI=1S/C19H28N4OS.HI/c1-14-7-9-17(10-8-14)24-12-6-5-11-21-19(20-4)22-13-18-23-15(2)16(3)25-18;/h7-10H,5-6,11-13H2,1-4H3,(H2,20,21,22);1H. The molecule has 144 valence electrons. The van der Waals surface area contributed by atoms with Gasteiger partial charge in [0.15, 0.2) is 5.96 Å². The lowest BCUT2D eigenvalue weighted by atomic mass is 10.2. The van der Waals surface area contributed by atoms with Crippen LogP contribution in [0.1, 0.15) is 34.0 Å². The maximum absolute atomic E-state index is 5.73. The van der Waals surface area contributed by atoms with E-state index in [4.69, 9.17) is 4.74 Å². The van der Waals surface area contributed by atoms with Crippen LogP contribution in [0.15, 0.2) is 29.3 Å². The lowest BCUT2D eigenvalue weighted by Gasteiger charge is -2.11. The predicted molar refractivity (Wildman–Crippen MR) is 121 cm³/mol. The molecule has 5 nitrogen and oxygen atoms in total. The van der Waals surface area contributed by atoms with E-state index in [2.05, 4.69) is 46.6 Å². The number of ether oxygens (including phenoxy) is 1. The molecule has 7 heteroatoms. The molecule has 1 aromatic heterocycles. The Hall–Kier alpha value is -1.35. The summed E-state index contributed by atoms with van der Waals surface area (Å²) in [4.78, 5) is 10.0. The largest absolute Gasteiger partial charge is 0.494 e. The van der Waals surface area contributed by atoms with Crippen LogP contribution >= 0.6 is 35.3 Å². The van der Waals surface area contributed by atoms with Crippen molar-refractivity contribution in [3.8, 4) is 5.75 Å². The number of nitrogens with zero attached hydrogens (tertiary/aromatic N) is 2. The van der Waals surface area contributed by atoms with Gasteiger partial charge in [0.05, 0.1) is 18.8 Å². The number of halogens is 1. The highest BCUT2D eigenvalue weighted by molar-refractivity contribution is 14.0. The normalized spacial score (nSPS) is 11.0. The fourth-order valence-corrected chi connectivity index (χ4v) is 3.13. The van der Waals surface area contributed by atoms with Crippen LogP contribution in [0.4, 0.5) is 0 Å². The zero-order valence-electron chi connectivity index (χ0n) is 16.0. The van der Waals surface area contributed by atoms with Gasteiger partial charge in [0.1, 0.15) is 10.8 Å². The molecule has 2 N–H and O–H groups in total. The van der Waals surface area contributed by atoms with Gasteiger partial charge in [-0.2, -0.15) is 0 Å². The van der Waals surface area contributed by atoms with Crippen molar-refractivity contribution < 1.29 is 4.74 Å². The van der Waals surface area contributed by atoms with Crippen LogP contribution in [0.25, 0.3) is 0 Å². The van der Waals surface area contributed by atoms with Crippen molar-refractivity contribution in [1.29, 1.82) is 0 Å². The minimum atomic E-state index is 0. The number of rotatable bonds is 8. The highest BCUT2D eigenvalue weighted by atomic mass is 127. The van der Waals surface area contributed by atoms with Gasteiger partial charge >= 0.3 is 0 Å². The number of aromatic nitrogens is 1. The van der Waals surface area contributed by atoms with Crippen molar-refractivity contribution in [3.05, 3.63) is 45.4 Å². The Kier molecular flexibility index (Phi) is 10.6. The number of nitrogens with one attached hydrogen (secondary N) is 2. The molecule has 0 bridgehead atoms. The van der Waals surface area contributed by atoms with E-state index in [-0.39, 0.29) is 24.0 Å². The molecule has 0 aliphatic heterocycles. The van der Waals surface area contributed by atoms with E-state index in [9.17, 15) is 0 Å². The fourth-order valence-electron chi connectivity index (χ4n) is 2.25. The van der Waals surface area contributed by atoms with Crippen LogP contribution in [0.5, 0.6) is 5.75 Å². The number of aliphatic imine (C=N–C) groups is 1. The maximum atomic E-state index is 5.73. The number of guanidine groups is 1. The molecule has 0 amide bonds. The second-order valence-electron chi connectivity index (χ2n) is 5.97. The van der Waals surface area contributed by atoms with E-state index in [1.165, 1.54) is 10.4 Å². The average molecular weight is 488 g/mol. The highest BCUT2D eigenvalue weighted by Crippen LogP contribution is 2.15. The minimum absolute atomic E-state index is 0. The van der Waals surface area contributed by atoms with Crippen LogP contribution in [0.3, 0.4) is 0 Å². The third kappa shape index (κ3) is 7.90. The number of aryl methyl sites for hydroxylation is 3. The van der Waals surface area contributed by atoms with Crippen LogP contribution in [-0.4, -0.2) is 31.1 Å². The van der Waals surface area contributed by atoms with Gasteiger partial charge in [-0.15, -0.1) is 35.3 Å². The van der Waals surface area contributed by atoms with E-state index in [0.717, 1.165) is 48.4 Å². The van der Waals surface area contributed by atoms with Crippen molar-refractivity contribution in [1.82, 2.24) is 15.6 Å². The van der Waals surface area contributed by atoms with E-state index in [0.29, 0.717) is 6.54 Å². The zero-order chi connectivity index (χ0) is 18.1. The first-order chi connectivity index (χ1) is 12.1. The van der Waals surface area contributed by atoms with Gasteiger partial charge in [0, 0.05) is 18.5 Å². The Morgan fingerprint density at radius 1 is 1.12 bits per heavy atom. The van der Waals surface area contributed by atoms with Crippen molar-refractivity contribution in [2.24, 2.45) is 4.99 Å². The fraction of sp³-hybridized carbons (Fsp3) is 0.474. The van der Waals surface area contributed by atoms with E-state index in [1.54, 1.807) is 18.4 Å². The van der Waals surface area contributed by atoms with Gasteiger partial charge in [0.2, 0.25) is 0 Å². The first kappa shape index (κ1) is 22.7. The van der Waals surface area contributed by atoms with Gasteiger partial charge in [-0.3, -0.25) is 4.99 Å². The summed E-state index contributed by atoms with van der Waals surface area (Å²) in [5, 5.41) is 7.72. The van der Waals surface area contributed by atoms with Crippen molar-refractivity contribution in [2.45, 2.75) is 40.2 Å². The lowest BCUT2D eigenvalue weighted by molar-refractivity contribution is 0.307. The summed E-state index contributed by atoms with van der Waals surface area (Å²) >= 11 is 1.73. The SMILES string of the molecule is CN=C(NCCCCOc1ccc(C)cc1)NCc1nc(C)c(C)s1.I. The molecule has 2 rings (SSSR count). The van der Waals surface area contributed by atoms with Gasteiger partial charge in [0.25, 0.3) is 0 Å². The molecule has 1 aromatic carbocycles. The van der Waals surface area contributed by atoms with E-state index >= 15 is 0 Å². The van der Waals surface area contributed by atoms with Crippen LogP contribution in [-0.2, 0) is 6.54 Å². The molecule has 0 radical (unpaired) electrons. The second-order valence-corrected chi connectivity index (χ2v) is 7.26. The number of benzene rings is 1. The molecule has 2 aromatic rings. The van der Waals surface area contributed by atoms with E-state index in [1.807, 2.05) is 19.1 Å².